The van der Waals surface area contributed by atoms with Crippen molar-refractivity contribution in [3.05, 3.63) is 0 Å². The zero-order valence-electron chi connectivity index (χ0n) is 45.9. The fourth-order valence-electron chi connectivity index (χ4n) is 9.46. The molecule has 0 aromatic carbocycles. The maximum absolute atomic E-state index is 12.8. The number of esters is 3. The van der Waals surface area contributed by atoms with Gasteiger partial charge in [0.25, 0.3) is 0 Å². The van der Waals surface area contributed by atoms with Gasteiger partial charge in [-0.3, -0.25) is 14.4 Å². The summed E-state index contributed by atoms with van der Waals surface area (Å²) in [7, 11) is 0. The average molecular weight is 948 g/mol. The van der Waals surface area contributed by atoms with Crippen molar-refractivity contribution in [2.45, 2.75) is 355 Å². The van der Waals surface area contributed by atoms with E-state index in [-0.39, 0.29) is 31.1 Å². The Morgan fingerprint density at radius 1 is 0.284 bits per heavy atom. The van der Waals surface area contributed by atoms with Crippen molar-refractivity contribution < 1.29 is 28.6 Å². The summed E-state index contributed by atoms with van der Waals surface area (Å²) in [5.74, 6) is 0.0277. The van der Waals surface area contributed by atoms with Crippen LogP contribution in [0.4, 0.5) is 0 Å². The molecule has 0 rings (SSSR count). The molecule has 6 nitrogen and oxygen atoms in total. The number of carbonyl (C=O) groups excluding carboxylic acids is 3. The molecule has 398 valence electrons. The number of rotatable bonds is 56. The van der Waals surface area contributed by atoms with Crippen LogP contribution in [0.3, 0.4) is 0 Å². The van der Waals surface area contributed by atoms with Gasteiger partial charge in [0, 0.05) is 19.3 Å². The standard InChI is InChI=1S/C61H118O6/c1-5-7-9-11-13-15-17-19-24-29-32-36-40-44-48-52-59(62)65-55-58(67-61(64)54-50-46-42-38-34-27-18-16-14-12-10-8-6-2)56-66-60(63)53-49-45-41-37-33-30-26-23-21-20-22-25-28-31-35-39-43-47-51-57(3)4/h57-58H,5-56H2,1-4H3/t58-/m0/s1. The Bertz CT molecular complexity index is 1010. The third-order valence-corrected chi connectivity index (χ3v) is 14.0. The van der Waals surface area contributed by atoms with Gasteiger partial charge in [-0.1, -0.05) is 310 Å². The summed E-state index contributed by atoms with van der Waals surface area (Å²) in [6.07, 6.45) is 61.0. The summed E-state index contributed by atoms with van der Waals surface area (Å²) in [4.78, 5) is 38.2. The van der Waals surface area contributed by atoms with Crippen LogP contribution in [0.15, 0.2) is 0 Å². The fourth-order valence-corrected chi connectivity index (χ4v) is 9.46. The molecule has 0 aliphatic carbocycles. The van der Waals surface area contributed by atoms with E-state index in [1.165, 1.54) is 244 Å². The first kappa shape index (κ1) is 65.4. The quantitative estimate of drug-likeness (QED) is 0.0343. The van der Waals surface area contributed by atoms with Crippen LogP contribution in [-0.4, -0.2) is 37.2 Å². The zero-order valence-corrected chi connectivity index (χ0v) is 45.9. The molecule has 0 heterocycles. The van der Waals surface area contributed by atoms with E-state index in [4.69, 9.17) is 14.2 Å². The molecule has 0 fully saturated rings. The summed E-state index contributed by atoms with van der Waals surface area (Å²) >= 11 is 0. The summed E-state index contributed by atoms with van der Waals surface area (Å²) < 4.78 is 16.9. The summed E-state index contributed by atoms with van der Waals surface area (Å²) in [6.45, 7) is 9.08. The first-order valence-corrected chi connectivity index (χ1v) is 30.4. The van der Waals surface area contributed by atoms with Gasteiger partial charge in [0.05, 0.1) is 0 Å². The van der Waals surface area contributed by atoms with Gasteiger partial charge in [-0.25, -0.2) is 0 Å². The Kier molecular flexibility index (Phi) is 54.0. The Hall–Kier alpha value is -1.59. The monoisotopic (exact) mass is 947 g/mol. The van der Waals surface area contributed by atoms with Gasteiger partial charge >= 0.3 is 17.9 Å². The van der Waals surface area contributed by atoms with Gasteiger partial charge in [0.2, 0.25) is 0 Å². The van der Waals surface area contributed by atoms with Gasteiger partial charge in [-0.05, 0) is 25.2 Å². The fraction of sp³-hybridized carbons (Fsp3) is 0.951. The number of hydrogen-bond acceptors (Lipinski definition) is 6. The van der Waals surface area contributed by atoms with Crippen LogP contribution in [0.5, 0.6) is 0 Å². The van der Waals surface area contributed by atoms with Gasteiger partial charge < -0.3 is 14.2 Å². The van der Waals surface area contributed by atoms with E-state index in [2.05, 4.69) is 27.7 Å². The lowest BCUT2D eigenvalue weighted by molar-refractivity contribution is -0.167. The van der Waals surface area contributed by atoms with Crippen molar-refractivity contribution in [3.8, 4) is 0 Å². The molecule has 1 atom stereocenters. The minimum absolute atomic E-state index is 0.0614. The number of unbranched alkanes of at least 4 members (excludes halogenated alkanes) is 43. The van der Waals surface area contributed by atoms with E-state index in [0.29, 0.717) is 19.3 Å². The molecule has 0 saturated heterocycles. The lowest BCUT2D eigenvalue weighted by Gasteiger charge is -2.18. The first-order valence-electron chi connectivity index (χ1n) is 30.4. The van der Waals surface area contributed by atoms with Crippen molar-refractivity contribution in [1.82, 2.24) is 0 Å². The lowest BCUT2D eigenvalue weighted by Crippen LogP contribution is -2.30. The Morgan fingerprint density at radius 3 is 0.731 bits per heavy atom. The molecular formula is C61H118O6. The second kappa shape index (κ2) is 55.3. The molecule has 0 bridgehead atoms. The van der Waals surface area contributed by atoms with Crippen LogP contribution < -0.4 is 0 Å². The van der Waals surface area contributed by atoms with Crippen molar-refractivity contribution >= 4 is 17.9 Å². The number of hydrogen-bond donors (Lipinski definition) is 0. The highest BCUT2D eigenvalue weighted by Gasteiger charge is 2.19. The van der Waals surface area contributed by atoms with E-state index < -0.39 is 6.10 Å². The average Bonchev–Trinajstić information content (AvgIpc) is 3.31. The predicted molar refractivity (Wildman–Crippen MR) is 289 cm³/mol. The van der Waals surface area contributed by atoms with Crippen molar-refractivity contribution in [3.63, 3.8) is 0 Å². The Balaban J connectivity index is 4.23. The maximum atomic E-state index is 12.8. The normalized spacial score (nSPS) is 12.0. The third-order valence-electron chi connectivity index (χ3n) is 14.0. The highest BCUT2D eigenvalue weighted by atomic mass is 16.6. The molecule has 0 radical (unpaired) electrons. The van der Waals surface area contributed by atoms with Crippen molar-refractivity contribution in [2.24, 2.45) is 5.92 Å². The van der Waals surface area contributed by atoms with E-state index in [9.17, 15) is 14.4 Å². The predicted octanol–water partition coefficient (Wildman–Crippen LogP) is 20.2. The van der Waals surface area contributed by atoms with Crippen molar-refractivity contribution in [1.29, 1.82) is 0 Å². The maximum Gasteiger partial charge on any atom is 0.306 e. The number of carbonyl (C=O) groups is 3. The molecule has 0 aliphatic heterocycles. The van der Waals surface area contributed by atoms with Crippen LogP contribution in [0.25, 0.3) is 0 Å². The molecule has 6 heteroatoms. The van der Waals surface area contributed by atoms with Crippen LogP contribution in [-0.2, 0) is 28.6 Å². The molecule has 0 aromatic rings. The topological polar surface area (TPSA) is 78.9 Å². The Labute approximate surface area is 418 Å². The summed E-state index contributed by atoms with van der Waals surface area (Å²) in [5, 5.41) is 0. The second-order valence-electron chi connectivity index (χ2n) is 21.5. The van der Waals surface area contributed by atoms with E-state index >= 15 is 0 Å². The van der Waals surface area contributed by atoms with Crippen LogP contribution in [0.1, 0.15) is 349 Å². The molecule has 0 spiro atoms. The highest BCUT2D eigenvalue weighted by molar-refractivity contribution is 5.71. The molecule has 0 unspecified atom stereocenters. The smallest absolute Gasteiger partial charge is 0.306 e. The third kappa shape index (κ3) is 55.2. The zero-order chi connectivity index (χ0) is 48.8. The highest BCUT2D eigenvalue weighted by Crippen LogP contribution is 2.18. The Morgan fingerprint density at radius 2 is 0.493 bits per heavy atom. The summed E-state index contributed by atoms with van der Waals surface area (Å²) in [6, 6.07) is 0. The molecule has 0 amide bonds. The molecule has 0 aliphatic rings. The molecule has 0 aromatic heterocycles. The van der Waals surface area contributed by atoms with Crippen LogP contribution in [0, 0.1) is 5.92 Å². The number of ether oxygens (including phenoxy) is 3. The minimum Gasteiger partial charge on any atom is -0.462 e. The van der Waals surface area contributed by atoms with Crippen molar-refractivity contribution in [2.75, 3.05) is 13.2 Å². The van der Waals surface area contributed by atoms with Gasteiger partial charge in [-0.2, -0.15) is 0 Å². The first-order chi connectivity index (χ1) is 32.9. The molecular weight excluding hydrogens is 829 g/mol. The van der Waals surface area contributed by atoms with Crippen LogP contribution >= 0.6 is 0 Å². The van der Waals surface area contributed by atoms with Gasteiger partial charge in [-0.15, -0.1) is 0 Å². The molecule has 0 N–H and O–H groups in total. The van der Waals surface area contributed by atoms with E-state index in [1.807, 2.05) is 0 Å². The van der Waals surface area contributed by atoms with Crippen LogP contribution in [0.2, 0.25) is 0 Å². The summed E-state index contributed by atoms with van der Waals surface area (Å²) in [5.41, 5.74) is 0. The SMILES string of the molecule is CCCCCCCCCCCCCCCCCC(=O)OC[C@@H](COC(=O)CCCCCCCCCCCCCCCCCCCCC(C)C)OC(=O)CCCCCCCCCCCCCCC. The molecule has 67 heavy (non-hydrogen) atoms. The minimum atomic E-state index is -0.762. The second-order valence-corrected chi connectivity index (χ2v) is 21.5. The van der Waals surface area contributed by atoms with Gasteiger partial charge in [0.1, 0.15) is 13.2 Å². The van der Waals surface area contributed by atoms with Gasteiger partial charge in [0.15, 0.2) is 6.10 Å². The van der Waals surface area contributed by atoms with E-state index in [0.717, 1.165) is 63.7 Å². The lowest BCUT2D eigenvalue weighted by atomic mass is 10.0. The van der Waals surface area contributed by atoms with E-state index in [1.54, 1.807) is 0 Å². The largest absolute Gasteiger partial charge is 0.462 e. The molecule has 0 saturated carbocycles.